The lowest BCUT2D eigenvalue weighted by Gasteiger charge is -2.27. The average Bonchev–Trinajstić information content (AvgIpc) is 3.68. The number of hydrogen-bond donors (Lipinski definition) is 2. The summed E-state index contributed by atoms with van der Waals surface area (Å²) in [6.45, 7) is 4.50. The zero-order valence-electron chi connectivity index (χ0n) is 30.8. The first-order chi connectivity index (χ1) is 27.4. The number of anilines is 2. The summed E-state index contributed by atoms with van der Waals surface area (Å²) in [7, 11) is 0. The molecule has 1 unspecified atom stereocenters. The number of fused-ring (bicyclic) bond motifs is 4. The van der Waals surface area contributed by atoms with Crippen LogP contribution in [0.15, 0.2) is 78.9 Å². The van der Waals surface area contributed by atoms with Crippen molar-refractivity contribution in [2.75, 3.05) is 17.2 Å². The Kier molecular flexibility index (Phi) is 8.01. The maximum atomic E-state index is 16.1. The highest BCUT2D eigenvalue weighted by molar-refractivity contribution is 6.30. The molecule has 13 heteroatoms. The van der Waals surface area contributed by atoms with Crippen LogP contribution >= 0.6 is 11.6 Å². The van der Waals surface area contributed by atoms with E-state index >= 15 is 8.78 Å². The molecule has 1 saturated heterocycles. The van der Waals surface area contributed by atoms with Crippen molar-refractivity contribution in [3.63, 3.8) is 0 Å². The number of nitrogens with one attached hydrogen (secondary N) is 2. The van der Waals surface area contributed by atoms with Crippen LogP contribution in [0.2, 0.25) is 5.02 Å². The minimum atomic E-state index is -1.55. The van der Waals surface area contributed by atoms with Gasteiger partial charge in [0.1, 0.15) is 23.3 Å². The molecule has 10 rings (SSSR count). The van der Waals surface area contributed by atoms with Crippen molar-refractivity contribution in [2.24, 2.45) is 0 Å². The molecule has 0 bridgehead atoms. The molecule has 1 aromatic heterocycles. The van der Waals surface area contributed by atoms with E-state index in [4.69, 9.17) is 30.8 Å². The third-order valence-corrected chi connectivity index (χ3v) is 11.8. The number of ether oxygens (including phenoxy) is 3. The zero-order chi connectivity index (χ0) is 39.4. The van der Waals surface area contributed by atoms with Crippen LogP contribution in [-0.2, 0) is 33.7 Å². The summed E-state index contributed by atoms with van der Waals surface area (Å²) in [5.74, 6) is -3.14. The van der Waals surface area contributed by atoms with Crippen LogP contribution in [0.3, 0.4) is 0 Å². The Morgan fingerprint density at radius 1 is 0.982 bits per heavy atom. The number of carbonyl (C=O) groups is 2. The number of para-hydroxylation sites is 1. The Morgan fingerprint density at radius 3 is 2.49 bits per heavy atom. The second kappa shape index (κ2) is 12.8. The van der Waals surface area contributed by atoms with E-state index in [9.17, 15) is 14.0 Å². The summed E-state index contributed by atoms with van der Waals surface area (Å²) in [5.41, 5.74) is 4.66. The number of benzene rings is 5. The van der Waals surface area contributed by atoms with Gasteiger partial charge in [-0.15, -0.1) is 0 Å². The van der Waals surface area contributed by atoms with Gasteiger partial charge >= 0.3 is 0 Å². The molecule has 2 atom stereocenters. The zero-order valence-corrected chi connectivity index (χ0v) is 31.5. The number of aromatic nitrogens is 2. The number of rotatable bonds is 8. The molecule has 288 valence electrons. The van der Waals surface area contributed by atoms with Gasteiger partial charge in [0.05, 0.1) is 34.7 Å². The van der Waals surface area contributed by atoms with Gasteiger partial charge in [0.25, 0.3) is 11.7 Å². The second-order valence-corrected chi connectivity index (χ2v) is 15.8. The third-order valence-electron chi connectivity index (χ3n) is 11.6. The van der Waals surface area contributed by atoms with E-state index in [-0.39, 0.29) is 51.8 Å². The smallest absolute Gasteiger partial charge is 0.278 e. The van der Waals surface area contributed by atoms with E-state index < -0.39 is 28.7 Å². The molecule has 6 aromatic rings. The van der Waals surface area contributed by atoms with Crippen molar-refractivity contribution < 1.29 is 37.0 Å². The highest BCUT2D eigenvalue weighted by atomic mass is 35.5. The van der Waals surface area contributed by atoms with Gasteiger partial charge in [-0.1, -0.05) is 23.7 Å². The molecule has 2 amide bonds. The summed E-state index contributed by atoms with van der Waals surface area (Å²) in [4.78, 5) is 31.0. The fraction of sp³-hybridized carbons (Fsp3) is 0.250. The predicted molar refractivity (Wildman–Crippen MR) is 207 cm³/mol. The van der Waals surface area contributed by atoms with Gasteiger partial charge in [0, 0.05) is 53.0 Å². The summed E-state index contributed by atoms with van der Waals surface area (Å²) in [6, 6.07) is 20.5. The Hall–Kier alpha value is -5.85. The lowest BCUT2D eigenvalue weighted by atomic mass is 9.93. The van der Waals surface area contributed by atoms with Gasteiger partial charge in [-0.3, -0.25) is 9.59 Å². The number of aryl methyl sites for hydroxylation is 1. The van der Waals surface area contributed by atoms with Crippen LogP contribution < -0.4 is 20.1 Å². The molecular formula is C44H34ClF3N4O5. The normalized spacial score (nSPS) is 19.8. The first-order valence-electron chi connectivity index (χ1n) is 18.7. The lowest BCUT2D eigenvalue weighted by Crippen LogP contribution is -2.32. The number of imidazole rings is 1. The van der Waals surface area contributed by atoms with Gasteiger partial charge in [-0.05, 0) is 110 Å². The number of halogens is 4. The number of amides is 2. The predicted octanol–water partition coefficient (Wildman–Crippen LogP) is 9.34. The van der Waals surface area contributed by atoms with Crippen LogP contribution in [0.25, 0.3) is 22.2 Å². The first kappa shape index (κ1) is 35.6. The van der Waals surface area contributed by atoms with Gasteiger partial charge < -0.3 is 29.4 Å². The Bertz CT molecular complexity index is 2700. The van der Waals surface area contributed by atoms with E-state index in [1.165, 1.54) is 24.3 Å². The van der Waals surface area contributed by atoms with E-state index in [0.29, 0.717) is 47.1 Å². The molecule has 1 spiro atoms. The maximum absolute atomic E-state index is 16.1. The number of hydrogen-bond acceptors (Lipinski definition) is 6. The second-order valence-electron chi connectivity index (χ2n) is 15.3. The van der Waals surface area contributed by atoms with Gasteiger partial charge in [0.2, 0.25) is 5.91 Å². The van der Waals surface area contributed by atoms with E-state index in [2.05, 4.69) is 10.6 Å². The Balaban J connectivity index is 0.939. The molecule has 57 heavy (non-hydrogen) atoms. The molecular weight excluding hydrogens is 757 g/mol. The monoisotopic (exact) mass is 790 g/mol. The Morgan fingerprint density at radius 2 is 1.77 bits per heavy atom. The van der Waals surface area contributed by atoms with E-state index in [0.717, 1.165) is 47.7 Å². The van der Waals surface area contributed by atoms with Crippen molar-refractivity contribution in [1.29, 1.82) is 0 Å². The van der Waals surface area contributed by atoms with Crippen molar-refractivity contribution >= 4 is 45.8 Å². The van der Waals surface area contributed by atoms with Crippen LogP contribution in [0.1, 0.15) is 64.6 Å². The largest absolute Gasteiger partial charge is 0.444 e. The molecule has 2 fully saturated rings. The molecule has 4 heterocycles. The molecule has 3 aliphatic heterocycles. The minimum absolute atomic E-state index is 0.0146. The summed E-state index contributed by atoms with van der Waals surface area (Å²) in [6.07, 6.45) is 2.12. The van der Waals surface area contributed by atoms with Crippen molar-refractivity contribution in [2.45, 2.75) is 63.4 Å². The number of nitrogens with zero attached hydrogens (tertiary/aromatic N) is 2. The van der Waals surface area contributed by atoms with Crippen molar-refractivity contribution in [3.05, 3.63) is 135 Å². The molecule has 0 radical (unpaired) electrons. The molecule has 9 nitrogen and oxygen atoms in total. The fourth-order valence-electron chi connectivity index (χ4n) is 8.28. The molecule has 1 aliphatic carbocycles. The first-order valence-corrected chi connectivity index (χ1v) is 19.1. The van der Waals surface area contributed by atoms with Crippen LogP contribution in [0.5, 0.6) is 11.5 Å². The summed E-state index contributed by atoms with van der Waals surface area (Å²) in [5, 5.41) is 6.16. The van der Waals surface area contributed by atoms with Gasteiger partial charge in [-0.25, -0.2) is 18.2 Å². The molecule has 1 saturated carbocycles. The highest BCUT2D eigenvalue weighted by Crippen LogP contribution is 2.56. The SMILES string of the molecule is Cc1cc(C(=O)Nc2ccc3c(c2)nc(Cc2c(F)cc(-c4cccc5c4OC(C)(c4ccc(Cl)cc4F)O5)cc2F)n3C[C@@H]2CCO2)cc2c1NC(=O)C21CC1. The van der Waals surface area contributed by atoms with Crippen LogP contribution in [0, 0.1) is 24.4 Å². The number of carbonyl (C=O) groups excluding carboxylic acids is 2. The average molecular weight is 791 g/mol. The van der Waals surface area contributed by atoms with Gasteiger partial charge in [0.15, 0.2) is 11.5 Å². The topological polar surface area (TPSA) is 104 Å². The fourth-order valence-corrected chi connectivity index (χ4v) is 8.44. The van der Waals surface area contributed by atoms with Gasteiger partial charge in [-0.2, -0.15) is 0 Å². The van der Waals surface area contributed by atoms with Crippen LogP contribution in [-0.4, -0.2) is 34.1 Å². The lowest BCUT2D eigenvalue weighted by molar-refractivity contribution is -0.117. The minimum Gasteiger partial charge on any atom is -0.444 e. The molecule has 4 aliphatic rings. The quantitative estimate of drug-likeness (QED) is 0.159. The third kappa shape index (κ3) is 5.84. The van der Waals surface area contributed by atoms with Crippen molar-refractivity contribution in [3.8, 4) is 22.6 Å². The van der Waals surface area contributed by atoms with E-state index in [1.807, 2.05) is 17.6 Å². The summed E-state index contributed by atoms with van der Waals surface area (Å²) >= 11 is 5.96. The molecule has 2 N–H and O–H groups in total. The maximum Gasteiger partial charge on any atom is 0.278 e. The van der Waals surface area contributed by atoms with E-state index in [1.54, 1.807) is 49.4 Å². The Labute approximate surface area is 329 Å². The standard InChI is InChI=1S/C44H34ClF3N4O5/c1-22-14-24(15-31-39(22)51-42(54)44(31)11-12-44)41(53)49-26-7-9-36-35(19-26)50-38(52(36)21-27-10-13-55-27)20-29-32(46)16-23(17-33(29)47)28-4-3-5-37-40(28)57-43(2,56-37)30-8-6-25(45)18-34(30)48/h3-9,14-19,27H,10-13,20-21H2,1-2H3,(H,49,53)(H,51,54)/t27-,43?/m0/s1. The summed E-state index contributed by atoms with van der Waals surface area (Å²) < 4.78 is 67.0. The highest BCUT2D eigenvalue weighted by Gasteiger charge is 2.56. The van der Waals surface area contributed by atoms with Crippen molar-refractivity contribution in [1.82, 2.24) is 9.55 Å². The van der Waals surface area contributed by atoms with Crippen LogP contribution in [0.4, 0.5) is 24.5 Å². The molecule has 5 aromatic carbocycles.